The molecule has 0 unspecified atom stereocenters. The summed E-state index contributed by atoms with van der Waals surface area (Å²) in [5.74, 6) is -0.838. The van der Waals surface area contributed by atoms with Crippen LogP contribution < -0.4 is 10.6 Å². The second-order valence-electron chi connectivity index (χ2n) is 5.86. The highest BCUT2D eigenvalue weighted by molar-refractivity contribution is 6.30. The average Bonchev–Trinajstić information content (AvgIpc) is 3.10. The lowest BCUT2D eigenvalue weighted by molar-refractivity contribution is -0.116. The van der Waals surface area contributed by atoms with E-state index in [9.17, 15) is 14.0 Å². The number of aromatic nitrogens is 4. The van der Waals surface area contributed by atoms with Crippen molar-refractivity contribution in [3.63, 3.8) is 0 Å². The molecule has 0 fully saturated rings. The van der Waals surface area contributed by atoms with E-state index < -0.39 is 11.7 Å². The quantitative estimate of drug-likeness (QED) is 0.659. The van der Waals surface area contributed by atoms with Gasteiger partial charge in [0.25, 0.3) is 5.91 Å². The van der Waals surface area contributed by atoms with Gasteiger partial charge >= 0.3 is 0 Å². The minimum Gasteiger partial charge on any atom is -0.352 e. The lowest BCUT2D eigenvalue weighted by atomic mass is 10.2. The summed E-state index contributed by atoms with van der Waals surface area (Å²) in [7, 11) is 0. The van der Waals surface area contributed by atoms with Crippen LogP contribution in [0.25, 0.3) is 5.69 Å². The third kappa shape index (κ3) is 4.68. The van der Waals surface area contributed by atoms with Crippen molar-refractivity contribution in [2.75, 3.05) is 11.9 Å². The van der Waals surface area contributed by atoms with Crippen molar-refractivity contribution < 1.29 is 14.0 Å². The normalized spacial score (nSPS) is 10.5. The molecule has 2 aromatic carbocycles. The van der Waals surface area contributed by atoms with Crippen molar-refractivity contribution >= 4 is 29.1 Å². The van der Waals surface area contributed by atoms with Gasteiger partial charge in [0.2, 0.25) is 5.91 Å². The summed E-state index contributed by atoms with van der Waals surface area (Å²) in [6.07, 6.45) is -0.0209. The van der Waals surface area contributed by atoms with Gasteiger partial charge in [-0.3, -0.25) is 9.59 Å². The zero-order chi connectivity index (χ0) is 20.1. The van der Waals surface area contributed by atoms with Crippen molar-refractivity contribution in [1.82, 2.24) is 25.5 Å². The van der Waals surface area contributed by atoms with Gasteiger partial charge in [0.05, 0.1) is 11.4 Å². The van der Waals surface area contributed by atoms with E-state index in [2.05, 4.69) is 26.2 Å². The van der Waals surface area contributed by atoms with Crippen LogP contribution in [0.5, 0.6) is 0 Å². The highest BCUT2D eigenvalue weighted by Crippen LogP contribution is 2.19. The number of hydrogen-bond donors (Lipinski definition) is 2. The van der Waals surface area contributed by atoms with Gasteiger partial charge in [-0.25, -0.2) is 4.39 Å². The van der Waals surface area contributed by atoms with Crippen molar-refractivity contribution in [2.24, 2.45) is 0 Å². The smallest absolute Gasteiger partial charge is 0.251 e. The molecule has 0 bridgehead atoms. The van der Waals surface area contributed by atoms with E-state index >= 15 is 0 Å². The number of nitrogens with zero attached hydrogens (tertiary/aromatic N) is 4. The van der Waals surface area contributed by atoms with Crippen molar-refractivity contribution in [3.05, 3.63) is 64.7 Å². The lowest BCUT2D eigenvalue weighted by Gasteiger charge is -2.10. The van der Waals surface area contributed by atoms with Gasteiger partial charge in [0, 0.05) is 23.6 Å². The molecule has 0 saturated heterocycles. The first-order valence-corrected chi connectivity index (χ1v) is 8.70. The molecule has 0 atom stereocenters. The van der Waals surface area contributed by atoms with Crippen LogP contribution in [0.3, 0.4) is 0 Å². The fourth-order valence-corrected chi connectivity index (χ4v) is 2.54. The summed E-state index contributed by atoms with van der Waals surface area (Å²) in [6.45, 7) is 1.80. The van der Waals surface area contributed by atoms with E-state index in [1.807, 2.05) is 0 Å². The molecule has 3 rings (SSSR count). The van der Waals surface area contributed by atoms with Crippen LogP contribution >= 0.6 is 11.6 Å². The maximum atomic E-state index is 14.0. The zero-order valence-corrected chi connectivity index (χ0v) is 15.6. The minimum atomic E-state index is -0.590. The number of carbonyl (C=O) groups is 2. The maximum absolute atomic E-state index is 14.0. The molecule has 1 aromatic heterocycles. The fraction of sp³-hybridized carbons (Fsp3) is 0.167. The van der Waals surface area contributed by atoms with Gasteiger partial charge < -0.3 is 10.6 Å². The van der Waals surface area contributed by atoms with Crippen LogP contribution in [-0.4, -0.2) is 38.6 Å². The highest BCUT2D eigenvalue weighted by Gasteiger charge is 2.12. The molecule has 0 aliphatic rings. The fourth-order valence-electron chi connectivity index (χ4n) is 2.42. The Balaban J connectivity index is 1.57. The predicted molar refractivity (Wildman–Crippen MR) is 101 cm³/mol. The molecule has 2 N–H and O–H groups in total. The first-order chi connectivity index (χ1) is 13.4. The van der Waals surface area contributed by atoms with Gasteiger partial charge in [-0.2, -0.15) is 4.68 Å². The average molecular weight is 403 g/mol. The first-order valence-electron chi connectivity index (χ1n) is 8.32. The number of carbonyl (C=O) groups excluding carboxylic acids is 2. The summed E-state index contributed by atoms with van der Waals surface area (Å²) in [6, 6.07) is 10.5. The number of rotatable bonds is 6. The topological polar surface area (TPSA) is 102 Å². The van der Waals surface area contributed by atoms with E-state index in [0.29, 0.717) is 22.1 Å². The van der Waals surface area contributed by atoms with Gasteiger partial charge in [0.1, 0.15) is 5.82 Å². The summed E-state index contributed by atoms with van der Waals surface area (Å²) in [5, 5.41) is 16.7. The van der Waals surface area contributed by atoms with Crippen LogP contribution in [0.1, 0.15) is 22.6 Å². The molecular formula is C18H16ClFN6O2. The molecule has 0 aliphatic heterocycles. The SMILES string of the molecule is Cc1nnnn1-c1ccc(F)c(NC(=O)CCNC(=O)c2ccc(Cl)cc2)c1. The number of tetrazole rings is 1. The maximum Gasteiger partial charge on any atom is 0.251 e. The van der Waals surface area contributed by atoms with Crippen molar-refractivity contribution in [2.45, 2.75) is 13.3 Å². The standard InChI is InChI=1S/C18H16ClFN6O2/c1-11-23-24-25-26(11)14-6-7-15(20)16(10-14)22-17(27)8-9-21-18(28)12-2-4-13(19)5-3-12/h2-7,10H,8-9H2,1H3,(H,21,28)(H,22,27). The molecule has 0 aliphatic carbocycles. The van der Waals surface area contributed by atoms with Crippen molar-refractivity contribution in [1.29, 1.82) is 0 Å². The molecule has 10 heteroatoms. The Kier molecular flexibility index (Phi) is 5.95. The molecule has 2 amide bonds. The summed E-state index contributed by atoms with van der Waals surface area (Å²) >= 11 is 5.78. The Morgan fingerprint density at radius 2 is 1.93 bits per heavy atom. The second-order valence-corrected chi connectivity index (χ2v) is 6.30. The van der Waals surface area contributed by atoms with E-state index in [1.54, 1.807) is 31.2 Å². The molecule has 144 valence electrons. The number of amides is 2. The van der Waals surface area contributed by atoms with Gasteiger partial charge in [-0.05, 0) is 59.8 Å². The third-order valence-electron chi connectivity index (χ3n) is 3.84. The van der Waals surface area contributed by atoms with Crippen LogP contribution in [0.2, 0.25) is 5.02 Å². The largest absolute Gasteiger partial charge is 0.352 e. The van der Waals surface area contributed by atoms with Crippen molar-refractivity contribution in [3.8, 4) is 5.69 Å². The van der Waals surface area contributed by atoms with Gasteiger partial charge in [0.15, 0.2) is 5.82 Å². The second kappa shape index (κ2) is 8.57. The zero-order valence-electron chi connectivity index (χ0n) is 14.8. The highest BCUT2D eigenvalue weighted by atomic mass is 35.5. The Labute approximate surface area is 164 Å². The van der Waals surface area contributed by atoms with E-state index in [0.717, 1.165) is 0 Å². The molecule has 28 heavy (non-hydrogen) atoms. The lowest BCUT2D eigenvalue weighted by Crippen LogP contribution is -2.27. The molecule has 0 spiro atoms. The van der Waals surface area contributed by atoms with E-state index in [4.69, 9.17) is 11.6 Å². The Bertz CT molecular complexity index is 1010. The monoisotopic (exact) mass is 402 g/mol. The van der Waals surface area contributed by atoms with Crippen LogP contribution in [0.4, 0.5) is 10.1 Å². The number of aryl methyl sites for hydroxylation is 1. The number of benzene rings is 2. The summed E-state index contributed by atoms with van der Waals surface area (Å²) in [5.41, 5.74) is 0.942. The van der Waals surface area contributed by atoms with Crippen LogP contribution in [0, 0.1) is 12.7 Å². The summed E-state index contributed by atoms with van der Waals surface area (Å²) < 4.78 is 15.4. The Hall–Kier alpha value is -3.33. The Morgan fingerprint density at radius 1 is 1.18 bits per heavy atom. The molecule has 1 heterocycles. The van der Waals surface area contributed by atoms with E-state index in [1.165, 1.54) is 22.9 Å². The predicted octanol–water partition coefficient (Wildman–Crippen LogP) is 2.52. The number of nitrogens with one attached hydrogen (secondary N) is 2. The molecule has 0 radical (unpaired) electrons. The first kappa shape index (κ1) is 19.4. The third-order valence-corrected chi connectivity index (χ3v) is 4.09. The number of anilines is 1. The molecule has 8 nitrogen and oxygen atoms in total. The van der Waals surface area contributed by atoms with E-state index in [-0.39, 0.29) is 24.6 Å². The van der Waals surface area contributed by atoms with Crippen LogP contribution in [0.15, 0.2) is 42.5 Å². The van der Waals surface area contributed by atoms with Crippen LogP contribution in [-0.2, 0) is 4.79 Å². The Morgan fingerprint density at radius 3 is 2.61 bits per heavy atom. The molecule has 0 saturated carbocycles. The molecule has 3 aromatic rings. The number of halogens is 2. The van der Waals surface area contributed by atoms with Gasteiger partial charge in [-0.15, -0.1) is 5.10 Å². The summed E-state index contributed by atoms with van der Waals surface area (Å²) in [4.78, 5) is 24.1. The number of hydrogen-bond acceptors (Lipinski definition) is 5. The molecular weight excluding hydrogens is 387 g/mol. The minimum absolute atomic E-state index is 0.00132. The van der Waals surface area contributed by atoms with Gasteiger partial charge in [-0.1, -0.05) is 11.6 Å².